The highest BCUT2D eigenvalue weighted by Crippen LogP contribution is 2.22. The standard InChI is InChI=1S/C17H17IN2O3/c1-20(2)17(22)11-4-7-13(8-5-11)19-16(21)12-6-9-15(23-3)14(18)10-12/h4-10H,1-3H3,(H,19,21). The van der Waals surface area contributed by atoms with Gasteiger partial charge in [-0.05, 0) is 65.1 Å². The van der Waals surface area contributed by atoms with E-state index in [0.717, 1.165) is 9.32 Å². The van der Waals surface area contributed by atoms with Crippen molar-refractivity contribution in [2.24, 2.45) is 0 Å². The third-order valence-electron chi connectivity index (χ3n) is 3.21. The number of ether oxygens (including phenoxy) is 1. The van der Waals surface area contributed by atoms with Crippen molar-refractivity contribution >= 4 is 40.1 Å². The van der Waals surface area contributed by atoms with E-state index < -0.39 is 0 Å². The zero-order valence-electron chi connectivity index (χ0n) is 13.1. The predicted molar refractivity (Wildman–Crippen MR) is 98.1 cm³/mol. The number of halogens is 1. The van der Waals surface area contributed by atoms with E-state index in [9.17, 15) is 9.59 Å². The van der Waals surface area contributed by atoms with Crippen LogP contribution >= 0.6 is 22.6 Å². The van der Waals surface area contributed by atoms with Gasteiger partial charge in [0.1, 0.15) is 5.75 Å². The third-order valence-corrected chi connectivity index (χ3v) is 4.05. The molecule has 2 aromatic carbocycles. The number of amides is 2. The van der Waals surface area contributed by atoms with Gasteiger partial charge in [0.25, 0.3) is 11.8 Å². The molecule has 0 heterocycles. The molecule has 0 atom stereocenters. The van der Waals surface area contributed by atoms with Gasteiger partial charge < -0.3 is 15.0 Å². The average Bonchev–Trinajstić information content (AvgIpc) is 2.54. The molecule has 0 aliphatic heterocycles. The monoisotopic (exact) mass is 424 g/mol. The van der Waals surface area contributed by atoms with E-state index >= 15 is 0 Å². The molecule has 2 rings (SSSR count). The van der Waals surface area contributed by atoms with Crippen molar-refractivity contribution in [2.45, 2.75) is 0 Å². The zero-order chi connectivity index (χ0) is 17.0. The lowest BCUT2D eigenvalue weighted by Crippen LogP contribution is -2.21. The van der Waals surface area contributed by atoms with Crippen LogP contribution in [0.1, 0.15) is 20.7 Å². The molecule has 0 bridgehead atoms. The lowest BCUT2D eigenvalue weighted by Gasteiger charge is -2.11. The zero-order valence-corrected chi connectivity index (χ0v) is 15.2. The normalized spacial score (nSPS) is 10.1. The van der Waals surface area contributed by atoms with Crippen LogP contribution in [0.4, 0.5) is 5.69 Å². The van der Waals surface area contributed by atoms with E-state index in [-0.39, 0.29) is 11.8 Å². The van der Waals surface area contributed by atoms with E-state index in [2.05, 4.69) is 27.9 Å². The number of nitrogens with zero attached hydrogens (tertiary/aromatic N) is 1. The number of carbonyl (C=O) groups excluding carboxylic acids is 2. The first kappa shape index (κ1) is 17.3. The summed E-state index contributed by atoms with van der Waals surface area (Å²) in [7, 11) is 4.99. The summed E-state index contributed by atoms with van der Waals surface area (Å²) in [5, 5.41) is 2.81. The van der Waals surface area contributed by atoms with Gasteiger partial charge in [-0.1, -0.05) is 0 Å². The van der Waals surface area contributed by atoms with Crippen LogP contribution in [0.5, 0.6) is 5.75 Å². The van der Waals surface area contributed by atoms with Gasteiger partial charge in [-0.3, -0.25) is 9.59 Å². The Morgan fingerprint density at radius 1 is 1.04 bits per heavy atom. The minimum Gasteiger partial charge on any atom is -0.496 e. The molecule has 0 aliphatic rings. The highest BCUT2D eigenvalue weighted by atomic mass is 127. The topological polar surface area (TPSA) is 58.6 Å². The van der Waals surface area contributed by atoms with Crippen molar-refractivity contribution in [3.63, 3.8) is 0 Å². The Hall–Kier alpha value is -2.09. The second-order valence-corrected chi connectivity index (χ2v) is 6.24. The molecular formula is C17H17IN2O3. The van der Waals surface area contributed by atoms with Crippen LogP contribution in [0, 0.1) is 3.57 Å². The van der Waals surface area contributed by atoms with Crippen molar-refractivity contribution in [3.05, 3.63) is 57.2 Å². The quantitative estimate of drug-likeness (QED) is 0.767. The SMILES string of the molecule is COc1ccc(C(=O)Nc2ccc(C(=O)N(C)C)cc2)cc1I. The van der Waals surface area contributed by atoms with Crippen molar-refractivity contribution in [3.8, 4) is 5.75 Å². The van der Waals surface area contributed by atoms with Gasteiger partial charge >= 0.3 is 0 Å². The Balaban J connectivity index is 2.11. The van der Waals surface area contributed by atoms with E-state index in [1.54, 1.807) is 63.7 Å². The Morgan fingerprint density at radius 2 is 1.65 bits per heavy atom. The van der Waals surface area contributed by atoms with Crippen molar-refractivity contribution < 1.29 is 14.3 Å². The Labute approximate surface area is 148 Å². The Kier molecular flexibility index (Phi) is 5.59. The lowest BCUT2D eigenvalue weighted by atomic mass is 10.1. The Bertz CT molecular complexity index is 727. The molecule has 2 aromatic rings. The van der Waals surface area contributed by atoms with Gasteiger partial charge in [-0.15, -0.1) is 0 Å². The largest absolute Gasteiger partial charge is 0.496 e. The second-order valence-electron chi connectivity index (χ2n) is 5.08. The minimum atomic E-state index is -0.211. The molecule has 1 N–H and O–H groups in total. The summed E-state index contributed by atoms with van der Waals surface area (Å²) >= 11 is 2.12. The highest BCUT2D eigenvalue weighted by Gasteiger charge is 2.11. The maximum absolute atomic E-state index is 12.3. The number of rotatable bonds is 4. The third kappa shape index (κ3) is 4.22. The van der Waals surface area contributed by atoms with Crippen molar-refractivity contribution in [1.29, 1.82) is 0 Å². The molecular weight excluding hydrogens is 407 g/mol. The lowest BCUT2D eigenvalue weighted by molar-refractivity contribution is 0.0827. The fourth-order valence-corrected chi connectivity index (χ4v) is 2.70. The summed E-state index contributed by atoms with van der Waals surface area (Å²) in [6.07, 6.45) is 0. The number of methoxy groups -OCH3 is 1. The number of hydrogen-bond donors (Lipinski definition) is 1. The summed E-state index contributed by atoms with van der Waals surface area (Å²) in [6.45, 7) is 0. The van der Waals surface area contributed by atoms with E-state index in [4.69, 9.17) is 4.74 Å². The maximum Gasteiger partial charge on any atom is 0.255 e. The molecule has 120 valence electrons. The summed E-state index contributed by atoms with van der Waals surface area (Å²) in [4.78, 5) is 25.6. The van der Waals surface area contributed by atoms with Gasteiger partial charge in [0, 0.05) is 30.9 Å². The number of hydrogen-bond acceptors (Lipinski definition) is 3. The molecule has 0 aromatic heterocycles. The van der Waals surface area contributed by atoms with E-state index in [0.29, 0.717) is 16.8 Å². The Morgan fingerprint density at radius 3 is 2.17 bits per heavy atom. The van der Waals surface area contributed by atoms with Crippen LogP contribution in [0.2, 0.25) is 0 Å². The fraction of sp³-hybridized carbons (Fsp3) is 0.176. The van der Waals surface area contributed by atoms with Gasteiger partial charge in [0.2, 0.25) is 0 Å². The molecule has 0 spiro atoms. The molecule has 0 saturated heterocycles. The average molecular weight is 424 g/mol. The summed E-state index contributed by atoms with van der Waals surface area (Å²) in [5.41, 5.74) is 1.76. The van der Waals surface area contributed by atoms with Crippen LogP contribution in [0.25, 0.3) is 0 Å². The molecule has 2 amide bonds. The van der Waals surface area contributed by atoms with Crippen LogP contribution in [-0.2, 0) is 0 Å². The molecule has 0 radical (unpaired) electrons. The summed E-state index contributed by atoms with van der Waals surface area (Å²) in [6, 6.07) is 12.0. The van der Waals surface area contributed by atoms with Crippen molar-refractivity contribution in [2.75, 3.05) is 26.5 Å². The predicted octanol–water partition coefficient (Wildman–Crippen LogP) is 3.25. The van der Waals surface area contributed by atoms with Crippen LogP contribution in [0.15, 0.2) is 42.5 Å². The number of carbonyl (C=O) groups is 2. The molecule has 23 heavy (non-hydrogen) atoms. The molecule has 5 nitrogen and oxygen atoms in total. The first-order chi connectivity index (χ1) is 10.9. The summed E-state index contributed by atoms with van der Waals surface area (Å²) < 4.78 is 6.04. The smallest absolute Gasteiger partial charge is 0.255 e. The first-order valence-corrected chi connectivity index (χ1v) is 7.97. The highest BCUT2D eigenvalue weighted by molar-refractivity contribution is 14.1. The fourth-order valence-electron chi connectivity index (χ4n) is 1.97. The molecule has 6 heteroatoms. The van der Waals surface area contributed by atoms with Gasteiger partial charge in [-0.25, -0.2) is 0 Å². The first-order valence-electron chi connectivity index (χ1n) is 6.89. The number of benzene rings is 2. The van der Waals surface area contributed by atoms with E-state index in [1.807, 2.05) is 0 Å². The van der Waals surface area contributed by atoms with Crippen LogP contribution in [-0.4, -0.2) is 37.9 Å². The van der Waals surface area contributed by atoms with E-state index in [1.165, 1.54) is 4.90 Å². The van der Waals surface area contributed by atoms with Gasteiger partial charge in [0.05, 0.1) is 10.7 Å². The molecule has 0 fully saturated rings. The van der Waals surface area contributed by atoms with Crippen molar-refractivity contribution in [1.82, 2.24) is 4.90 Å². The second kappa shape index (κ2) is 7.45. The summed E-state index contributed by atoms with van der Waals surface area (Å²) in [5.74, 6) is 0.443. The number of nitrogens with one attached hydrogen (secondary N) is 1. The van der Waals surface area contributed by atoms with Gasteiger partial charge in [-0.2, -0.15) is 0 Å². The van der Waals surface area contributed by atoms with Crippen LogP contribution in [0.3, 0.4) is 0 Å². The molecule has 0 saturated carbocycles. The number of anilines is 1. The minimum absolute atomic E-state index is 0.0763. The maximum atomic E-state index is 12.3. The van der Waals surface area contributed by atoms with Gasteiger partial charge in [0.15, 0.2) is 0 Å². The molecule has 0 unspecified atom stereocenters. The van der Waals surface area contributed by atoms with Crippen LogP contribution < -0.4 is 10.1 Å². The molecule has 0 aliphatic carbocycles.